The molecule has 3 nitrogen and oxygen atoms in total. The van der Waals surface area contributed by atoms with Crippen molar-refractivity contribution in [1.82, 2.24) is 5.32 Å². The molecule has 13 heavy (non-hydrogen) atoms. The number of thioether (sulfide) groups is 1. The monoisotopic (exact) mass is 205 g/mol. The lowest BCUT2D eigenvalue weighted by molar-refractivity contribution is 0.0211. The summed E-state index contributed by atoms with van der Waals surface area (Å²) >= 11 is 1.96. The van der Waals surface area contributed by atoms with Crippen molar-refractivity contribution in [2.75, 3.05) is 38.4 Å². The lowest BCUT2D eigenvalue weighted by Gasteiger charge is -2.30. The molecule has 1 rings (SSSR count). The first-order chi connectivity index (χ1) is 6.38. The minimum absolute atomic E-state index is 0.318. The minimum atomic E-state index is 0.318. The normalized spacial score (nSPS) is 25.8. The molecule has 0 aromatic carbocycles. The standard InChI is InChI=1S/C9H19NO2S/c1-3-10-8(6-11-2)9-7-13-5-4-12-9/h8-10H,3-7H2,1-2H3. The van der Waals surface area contributed by atoms with Gasteiger partial charge in [-0.15, -0.1) is 0 Å². The fourth-order valence-electron chi connectivity index (χ4n) is 1.48. The smallest absolute Gasteiger partial charge is 0.0841 e. The van der Waals surface area contributed by atoms with E-state index in [1.807, 2.05) is 11.8 Å². The first-order valence-corrected chi connectivity index (χ1v) is 5.95. The summed E-state index contributed by atoms with van der Waals surface area (Å²) < 4.78 is 10.8. The van der Waals surface area contributed by atoms with Crippen LogP contribution in [-0.4, -0.2) is 50.5 Å². The van der Waals surface area contributed by atoms with Gasteiger partial charge in [-0.2, -0.15) is 11.8 Å². The molecular formula is C9H19NO2S. The van der Waals surface area contributed by atoms with Crippen molar-refractivity contribution in [2.24, 2.45) is 0 Å². The third-order valence-electron chi connectivity index (χ3n) is 2.10. The topological polar surface area (TPSA) is 30.5 Å². The van der Waals surface area contributed by atoms with Gasteiger partial charge in [0.1, 0.15) is 0 Å². The predicted octanol–water partition coefficient (Wildman–Crippen LogP) is 0.743. The highest BCUT2D eigenvalue weighted by molar-refractivity contribution is 7.99. The minimum Gasteiger partial charge on any atom is -0.383 e. The summed E-state index contributed by atoms with van der Waals surface area (Å²) in [7, 11) is 1.74. The van der Waals surface area contributed by atoms with E-state index in [0.29, 0.717) is 12.1 Å². The summed E-state index contributed by atoms with van der Waals surface area (Å²) in [6.45, 7) is 4.69. The molecule has 0 aromatic rings. The van der Waals surface area contributed by atoms with Crippen LogP contribution in [0.2, 0.25) is 0 Å². The van der Waals surface area contributed by atoms with Crippen molar-refractivity contribution in [3.05, 3.63) is 0 Å². The SMILES string of the molecule is CCNC(COC)C1CSCCO1. The molecule has 0 amide bonds. The van der Waals surface area contributed by atoms with Gasteiger partial charge in [-0.05, 0) is 6.54 Å². The fourth-order valence-corrected chi connectivity index (χ4v) is 2.42. The average Bonchev–Trinajstić information content (AvgIpc) is 2.19. The van der Waals surface area contributed by atoms with Crippen LogP contribution in [0.15, 0.2) is 0 Å². The average molecular weight is 205 g/mol. The van der Waals surface area contributed by atoms with Gasteiger partial charge in [0.05, 0.1) is 25.4 Å². The van der Waals surface area contributed by atoms with E-state index in [1.165, 1.54) is 0 Å². The van der Waals surface area contributed by atoms with Gasteiger partial charge < -0.3 is 14.8 Å². The van der Waals surface area contributed by atoms with Crippen LogP contribution >= 0.6 is 11.8 Å². The van der Waals surface area contributed by atoms with Gasteiger partial charge in [0, 0.05) is 18.6 Å². The van der Waals surface area contributed by atoms with E-state index >= 15 is 0 Å². The van der Waals surface area contributed by atoms with Gasteiger partial charge in [-0.1, -0.05) is 6.92 Å². The van der Waals surface area contributed by atoms with Crippen LogP contribution in [0.1, 0.15) is 6.92 Å². The van der Waals surface area contributed by atoms with E-state index in [4.69, 9.17) is 9.47 Å². The zero-order valence-electron chi connectivity index (χ0n) is 8.41. The highest BCUT2D eigenvalue weighted by atomic mass is 32.2. The predicted molar refractivity (Wildman–Crippen MR) is 56.4 cm³/mol. The summed E-state index contributed by atoms with van der Waals surface area (Å²) in [6, 6.07) is 0.350. The lowest BCUT2D eigenvalue weighted by Crippen LogP contribution is -2.47. The van der Waals surface area contributed by atoms with Crippen molar-refractivity contribution in [3.8, 4) is 0 Å². The molecule has 4 heteroatoms. The number of hydrogen-bond acceptors (Lipinski definition) is 4. The Labute approximate surface area is 84.6 Å². The number of methoxy groups -OCH3 is 1. The maximum absolute atomic E-state index is 5.68. The van der Waals surface area contributed by atoms with Crippen LogP contribution in [0.25, 0.3) is 0 Å². The molecule has 0 aliphatic carbocycles. The molecule has 1 aliphatic rings. The third kappa shape index (κ3) is 3.85. The van der Waals surface area contributed by atoms with E-state index in [1.54, 1.807) is 7.11 Å². The number of nitrogens with one attached hydrogen (secondary N) is 1. The molecule has 1 heterocycles. The zero-order chi connectivity index (χ0) is 9.52. The molecule has 1 N–H and O–H groups in total. The van der Waals surface area contributed by atoms with Crippen molar-refractivity contribution < 1.29 is 9.47 Å². The molecule has 2 unspecified atom stereocenters. The van der Waals surface area contributed by atoms with E-state index < -0.39 is 0 Å². The Hall–Kier alpha value is 0.230. The van der Waals surface area contributed by atoms with Crippen LogP contribution in [0.3, 0.4) is 0 Å². The molecule has 1 aliphatic heterocycles. The van der Waals surface area contributed by atoms with E-state index in [0.717, 1.165) is 31.3 Å². The number of likely N-dealkylation sites (N-methyl/N-ethyl adjacent to an activating group) is 1. The van der Waals surface area contributed by atoms with Gasteiger partial charge in [-0.3, -0.25) is 0 Å². The zero-order valence-corrected chi connectivity index (χ0v) is 9.23. The van der Waals surface area contributed by atoms with E-state index in [9.17, 15) is 0 Å². The Morgan fingerprint density at radius 1 is 1.69 bits per heavy atom. The van der Waals surface area contributed by atoms with Crippen LogP contribution in [0, 0.1) is 0 Å². The lowest BCUT2D eigenvalue weighted by atomic mass is 10.2. The van der Waals surface area contributed by atoms with Gasteiger partial charge in [0.2, 0.25) is 0 Å². The second-order valence-corrected chi connectivity index (χ2v) is 4.25. The molecule has 1 saturated heterocycles. The van der Waals surface area contributed by atoms with Crippen LogP contribution < -0.4 is 5.32 Å². The van der Waals surface area contributed by atoms with Crippen molar-refractivity contribution >= 4 is 11.8 Å². The molecule has 2 atom stereocenters. The van der Waals surface area contributed by atoms with Crippen LogP contribution in [-0.2, 0) is 9.47 Å². The quantitative estimate of drug-likeness (QED) is 0.717. The third-order valence-corrected chi connectivity index (χ3v) is 3.12. The number of rotatable bonds is 5. The number of hydrogen-bond donors (Lipinski definition) is 1. The summed E-state index contributed by atoms with van der Waals surface area (Å²) in [5, 5.41) is 3.39. The van der Waals surface area contributed by atoms with Gasteiger partial charge in [0.15, 0.2) is 0 Å². The molecule has 0 saturated carbocycles. The Balaban J connectivity index is 2.32. The second kappa shape index (κ2) is 6.65. The summed E-state index contributed by atoms with van der Waals surface area (Å²) in [4.78, 5) is 0. The van der Waals surface area contributed by atoms with Crippen molar-refractivity contribution in [1.29, 1.82) is 0 Å². The largest absolute Gasteiger partial charge is 0.383 e. The van der Waals surface area contributed by atoms with Gasteiger partial charge >= 0.3 is 0 Å². The Bertz CT molecular complexity index is 123. The highest BCUT2D eigenvalue weighted by Gasteiger charge is 2.23. The number of ether oxygens (including phenoxy) is 2. The maximum atomic E-state index is 5.68. The van der Waals surface area contributed by atoms with Crippen molar-refractivity contribution in [3.63, 3.8) is 0 Å². The molecule has 78 valence electrons. The van der Waals surface area contributed by atoms with E-state index in [2.05, 4.69) is 12.2 Å². The molecule has 0 bridgehead atoms. The highest BCUT2D eigenvalue weighted by Crippen LogP contribution is 2.15. The fraction of sp³-hybridized carbons (Fsp3) is 1.00. The van der Waals surface area contributed by atoms with Crippen molar-refractivity contribution in [2.45, 2.75) is 19.1 Å². The van der Waals surface area contributed by atoms with Crippen LogP contribution in [0.4, 0.5) is 0 Å². The van der Waals surface area contributed by atoms with Gasteiger partial charge in [0.25, 0.3) is 0 Å². The molecule has 1 fully saturated rings. The summed E-state index contributed by atoms with van der Waals surface area (Å²) in [5.74, 6) is 2.21. The Morgan fingerprint density at radius 3 is 3.08 bits per heavy atom. The molecule has 0 aromatic heterocycles. The maximum Gasteiger partial charge on any atom is 0.0841 e. The van der Waals surface area contributed by atoms with E-state index in [-0.39, 0.29) is 0 Å². The van der Waals surface area contributed by atoms with Crippen LogP contribution in [0.5, 0.6) is 0 Å². The molecule has 0 spiro atoms. The second-order valence-electron chi connectivity index (χ2n) is 3.10. The Kier molecular flexibility index (Phi) is 5.78. The summed E-state index contributed by atoms with van der Waals surface area (Å²) in [5.41, 5.74) is 0. The first kappa shape index (κ1) is 11.3. The first-order valence-electron chi connectivity index (χ1n) is 4.80. The van der Waals surface area contributed by atoms with Gasteiger partial charge in [-0.25, -0.2) is 0 Å². The Morgan fingerprint density at radius 2 is 2.54 bits per heavy atom. The summed E-state index contributed by atoms with van der Waals surface area (Å²) in [6.07, 6.45) is 0.318. The molecule has 0 radical (unpaired) electrons. The molecular weight excluding hydrogens is 186 g/mol.